The van der Waals surface area contributed by atoms with Gasteiger partial charge < -0.3 is 19.8 Å². The van der Waals surface area contributed by atoms with E-state index in [9.17, 15) is 4.79 Å². The van der Waals surface area contributed by atoms with Crippen molar-refractivity contribution in [2.75, 3.05) is 25.6 Å². The largest absolute Gasteiger partial charge is 0.497 e. The minimum absolute atomic E-state index is 0.0156. The molecule has 3 aromatic rings. The lowest BCUT2D eigenvalue weighted by molar-refractivity contribution is -0.125. The van der Waals surface area contributed by atoms with Crippen molar-refractivity contribution in [3.05, 3.63) is 59.8 Å². The molecule has 5 heteroatoms. The van der Waals surface area contributed by atoms with Crippen molar-refractivity contribution >= 4 is 22.5 Å². The van der Waals surface area contributed by atoms with Gasteiger partial charge in [0.25, 0.3) is 0 Å². The number of methoxy groups -OCH3 is 1. The Labute approximate surface area is 177 Å². The van der Waals surface area contributed by atoms with Crippen LogP contribution in [0.4, 0.5) is 5.69 Å². The first kappa shape index (κ1) is 20.5. The van der Waals surface area contributed by atoms with Crippen LogP contribution in [0.25, 0.3) is 10.9 Å². The smallest absolute Gasteiger partial charge is 0.235 e. The van der Waals surface area contributed by atoms with E-state index in [2.05, 4.69) is 37.1 Å². The van der Waals surface area contributed by atoms with E-state index in [1.54, 1.807) is 7.11 Å². The SMILES string of the molecule is COc1ccc(C2(C(=O)Nc3ccc4[nH]c(C(C)(C)C)cc4c3)CCOCC2)cc1. The monoisotopic (exact) mass is 406 g/mol. The molecule has 2 heterocycles. The number of amides is 1. The average Bonchev–Trinajstić information content (AvgIpc) is 3.18. The summed E-state index contributed by atoms with van der Waals surface area (Å²) in [7, 11) is 1.65. The van der Waals surface area contributed by atoms with Gasteiger partial charge in [-0.25, -0.2) is 0 Å². The van der Waals surface area contributed by atoms with Crippen molar-refractivity contribution in [3.8, 4) is 5.75 Å². The van der Waals surface area contributed by atoms with Gasteiger partial charge in [-0.2, -0.15) is 0 Å². The fraction of sp³-hybridized carbons (Fsp3) is 0.400. The molecule has 1 amide bonds. The summed E-state index contributed by atoms with van der Waals surface area (Å²) in [5, 5.41) is 4.28. The molecule has 2 N–H and O–H groups in total. The minimum atomic E-state index is -0.603. The Morgan fingerprint density at radius 3 is 2.40 bits per heavy atom. The predicted octanol–water partition coefficient (Wildman–Crippen LogP) is 5.16. The lowest BCUT2D eigenvalue weighted by Crippen LogP contribution is -2.44. The highest BCUT2D eigenvalue weighted by molar-refractivity contribution is 6.00. The molecule has 0 radical (unpaired) electrons. The third-order valence-corrected chi connectivity index (χ3v) is 6.11. The Bertz CT molecular complexity index is 1040. The quantitative estimate of drug-likeness (QED) is 0.629. The van der Waals surface area contributed by atoms with E-state index in [-0.39, 0.29) is 11.3 Å². The summed E-state index contributed by atoms with van der Waals surface area (Å²) in [6.07, 6.45) is 1.32. The highest BCUT2D eigenvalue weighted by Crippen LogP contribution is 2.37. The average molecular weight is 407 g/mol. The van der Waals surface area contributed by atoms with Gasteiger partial charge in [0.15, 0.2) is 0 Å². The molecule has 5 nitrogen and oxygen atoms in total. The second-order valence-electron chi connectivity index (χ2n) is 9.11. The molecule has 0 spiro atoms. The van der Waals surface area contributed by atoms with Gasteiger partial charge >= 0.3 is 0 Å². The predicted molar refractivity (Wildman–Crippen MR) is 120 cm³/mol. The van der Waals surface area contributed by atoms with Crippen LogP contribution in [-0.4, -0.2) is 31.2 Å². The van der Waals surface area contributed by atoms with Gasteiger partial charge in [0.2, 0.25) is 5.91 Å². The summed E-state index contributed by atoms with van der Waals surface area (Å²) in [5.74, 6) is 0.802. The number of carbonyl (C=O) groups excluding carboxylic acids is 1. The van der Waals surface area contributed by atoms with Crippen LogP contribution < -0.4 is 10.1 Å². The van der Waals surface area contributed by atoms with Gasteiger partial charge in [0.1, 0.15) is 5.75 Å². The molecule has 0 bridgehead atoms. The normalized spacial score (nSPS) is 16.4. The minimum Gasteiger partial charge on any atom is -0.497 e. The zero-order valence-electron chi connectivity index (χ0n) is 18.2. The molecule has 30 heavy (non-hydrogen) atoms. The number of hydrogen-bond acceptors (Lipinski definition) is 3. The summed E-state index contributed by atoms with van der Waals surface area (Å²) in [6.45, 7) is 7.70. The van der Waals surface area contributed by atoms with Gasteiger partial charge in [-0.1, -0.05) is 32.9 Å². The standard InChI is InChI=1S/C25H30N2O3/c1-24(2,3)22-16-17-15-19(7-10-21(17)27-22)26-23(28)25(11-13-30-14-12-25)18-5-8-20(29-4)9-6-18/h5-10,15-16,27H,11-14H2,1-4H3,(H,26,28). The molecule has 1 aliphatic rings. The van der Waals surface area contributed by atoms with E-state index in [0.29, 0.717) is 26.1 Å². The molecule has 1 aliphatic heterocycles. The van der Waals surface area contributed by atoms with Gasteiger partial charge in [0.05, 0.1) is 12.5 Å². The summed E-state index contributed by atoms with van der Waals surface area (Å²) in [5.41, 5.74) is 3.51. The van der Waals surface area contributed by atoms with E-state index in [0.717, 1.165) is 27.9 Å². The van der Waals surface area contributed by atoms with E-state index < -0.39 is 5.41 Å². The Balaban J connectivity index is 1.63. The van der Waals surface area contributed by atoms with E-state index in [1.807, 2.05) is 42.5 Å². The molecule has 0 unspecified atom stereocenters. The van der Waals surface area contributed by atoms with Crippen LogP contribution in [0.1, 0.15) is 44.9 Å². The number of anilines is 1. The highest BCUT2D eigenvalue weighted by atomic mass is 16.5. The fourth-order valence-corrected chi connectivity index (χ4v) is 4.14. The van der Waals surface area contributed by atoms with Crippen LogP contribution in [-0.2, 0) is 20.4 Å². The number of nitrogens with one attached hydrogen (secondary N) is 2. The van der Waals surface area contributed by atoms with E-state index in [1.165, 1.54) is 5.69 Å². The number of rotatable bonds is 4. The molecule has 2 aromatic carbocycles. The molecule has 158 valence electrons. The maximum Gasteiger partial charge on any atom is 0.235 e. The number of aromatic nitrogens is 1. The second-order valence-corrected chi connectivity index (χ2v) is 9.11. The van der Waals surface area contributed by atoms with Crippen LogP contribution in [0, 0.1) is 0 Å². The van der Waals surface area contributed by atoms with E-state index in [4.69, 9.17) is 9.47 Å². The van der Waals surface area contributed by atoms with Crippen molar-refractivity contribution in [2.45, 2.75) is 44.4 Å². The van der Waals surface area contributed by atoms with Gasteiger partial charge in [-0.15, -0.1) is 0 Å². The zero-order chi connectivity index (χ0) is 21.4. The summed E-state index contributed by atoms with van der Waals surface area (Å²) >= 11 is 0. The second kappa shape index (κ2) is 7.80. The van der Waals surface area contributed by atoms with Gasteiger partial charge in [-0.05, 0) is 54.8 Å². The molecule has 4 rings (SSSR count). The van der Waals surface area contributed by atoms with Crippen molar-refractivity contribution in [1.82, 2.24) is 4.98 Å². The summed E-state index contributed by atoms with van der Waals surface area (Å²) in [6, 6.07) is 16.0. The lowest BCUT2D eigenvalue weighted by atomic mass is 9.73. The Hall–Kier alpha value is -2.79. The first-order valence-electron chi connectivity index (χ1n) is 10.5. The number of benzene rings is 2. The Morgan fingerprint density at radius 1 is 1.07 bits per heavy atom. The molecular weight excluding hydrogens is 376 g/mol. The first-order chi connectivity index (χ1) is 14.3. The fourth-order valence-electron chi connectivity index (χ4n) is 4.14. The number of fused-ring (bicyclic) bond motifs is 1. The van der Waals surface area contributed by atoms with Crippen LogP contribution in [0.5, 0.6) is 5.75 Å². The van der Waals surface area contributed by atoms with Crippen molar-refractivity contribution in [1.29, 1.82) is 0 Å². The van der Waals surface area contributed by atoms with Gasteiger partial charge in [0, 0.05) is 40.9 Å². The molecule has 1 saturated heterocycles. The molecule has 0 saturated carbocycles. The van der Waals surface area contributed by atoms with Crippen molar-refractivity contribution in [2.24, 2.45) is 0 Å². The summed E-state index contributed by atoms with van der Waals surface area (Å²) in [4.78, 5) is 17.0. The van der Waals surface area contributed by atoms with Crippen molar-refractivity contribution < 1.29 is 14.3 Å². The number of carbonyl (C=O) groups is 1. The number of ether oxygens (including phenoxy) is 2. The Morgan fingerprint density at radius 2 is 1.77 bits per heavy atom. The van der Waals surface area contributed by atoms with Crippen molar-refractivity contribution in [3.63, 3.8) is 0 Å². The molecule has 0 atom stereocenters. The Kier molecular flexibility index (Phi) is 5.33. The third-order valence-electron chi connectivity index (χ3n) is 6.11. The topological polar surface area (TPSA) is 63.3 Å². The third kappa shape index (κ3) is 3.82. The van der Waals surface area contributed by atoms with Crippen LogP contribution in [0.3, 0.4) is 0 Å². The number of hydrogen-bond donors (Lipinski definition) is 2. The molecular formula is C25H30N2O3. The van der Waals surface area contributed by atoms with Gasteiger partial charge in [-0.3, -0.25) is 4.79 Å². The maximum atomic E-state index is 13.5. The molecule has 1 aromatic heterocycles. The highest BCUT2D eigenvalue weighted by Gasteiger charge is 2.41. The summed E-state index contributed by atoms with van der Waals surface area (Å²) < 4.78 is 10.9. The maximum absolute atomic E-state index is 13.5. The molecule has 1 fully saturated rings. The first-order valence-corrected chi connectivity index (χ1v) is 10.5. The van der Waals surface area contributed by atoms with E-state index >= 15 is 0 Å². The zero-order valence-corrected chi connectivity index (χ0v) is 18.2. The lowest BCUT2D eigenvalue weighted by Gasteiger charge is -2.36. The van der Waals surface area contributed by atoms with Crippen LogP contribution in [0.2, 0.25) is 0 Å². The van der Waals surface area contributed by atoms with Crippen LogP contribution in [0.15, 0.2) is 48.5 Å². The number of H-pyrrole nitrogens is 1. The van der Waals surface area contributed by atoms with Crippen LogP contribution >= 0.6 is 0 Å². The molecule has 0 aliphatic carbocycles. The number of aromatic amines is 1.